The Morgan fingerprint density at radius 2 is 1.77 bits per heavy atom. The average molecular weight is 417 g/mol. The summed E-state index contributed by atoms with van der Waals surface area (Å²) in [7, 11) is 3.37. The van der Waals surface area contributed by atoms with E-state index in [1.54, 1.807) is 50.5 Å². The number of ether oxygens (including phenoxy) is 1. The Morgan fingerprint density at radius 3 is 2.52 bits per heavy atom. The number of carbonyl (C=O) groups is 2. The molecule has 1 aliphatic carbocycles. The maximum atomic E-state index is 12.8. The number of carbonyl (C=O) groups excluding carboxylic acids is 1. The van der Waals surface area contributed by atoms with Crippen LogP contribution in [0, 0.1) is 0 Å². The monoisotopic (exact) mass is 417 g/mol. The molecular weight excluding hydrogens is 398 g/mol. The number of nitrogens with zero attached hydrogens (tertiary/aromatic N) is 1. The fourth-order valence-electron chi connectivity index (χ4n) is 3.50. The number of carboxylic acid groups (broad SMARTS) is 1. The lowest BCUT2D eigenvalue weighted by molar-refractivity contribution is -0.139. The number of amides is 1. The molecule has 31 heavy (non-hydrogen) atoms. The van der Waals surface area contributed by atoms with Crippen LogP contribution in [0.4, 0.5) is 0 Å². The first kappa shape index (κ1) is 20.2. The molecule has 7 heteroatoms. The standard InChI is InChI=1S/C24H19NO6/c1-25(2)24(29)17-6-4-3-5-16(17)23-18-9-7-14(26)11-20(18)31-21-12-15(8-10-19(21)23)30-13-22(27)28/h3-12H,13H2,1-2H3,(H,27,28). The summed E-state index contributed by atoms with van der Waals surface area (Å²) < 4.78 is 11.2. The molecule has 1 heterocycles. The molecule has 0 unspecified atom stereocenters. The minimum atomic E-state index is -1.09. The molecule has 1 amide bonds. The number of aliphatic carboxylic acids is 1. The zero-order valence-electron chi connectivity index (χ0n) is 16.9. The first-order valence-corrected chi connectivity index (χ1v) is 9.51. The van der Waals surface area contributed by atoms with Gasteiger partial charge in [-0.25, -0.2) is 4.79 Å². The summed E-state index contributed by atoms with van der Waals surface area (Å²) in [4.78, 5) is 37.1. The van der Waals surface area contributed by atoms with Gasteiger partial charge in [-0.1, -0.05) is 18.2 Å². The Hall–Kier alpha value is -4.13. The van der Waals surface area contributed by atoms with Crippen molar-refractivity contribution < 1.29 is 23.8 Å². The van der Waals surface area contributed by atoms with E-state index in [0.717, 1.165) is 5.56 Å². The van der Waals surface area contributed by atoms with Crippen LogP contribution in [-0.2, 0) is 4.79 Å². The van der Waals surface area contributed by atoms with Crippen LogP contribution in [0.25, 0.3) is 33.4 Å². The van der Waals surface area contributed by atoms with E-state index in [4.69, 9.17) is 14.3 Å². The minimum Gasteiger partial charge on any atom is -0.482 e. The summed E-state index contributed by atoms with van der Waals surface area (Å²) in [5, 5.41) is 9.56. The molecule has 0 radical (unpaired) electrons. The molecule has 4 rings (SSSR count). The molecule has 2 aromatic rings. The molecular formula is C24H19NO6. The molecule has 0 spiro atoms. The summed E-state index contributed by atoms with van der Waals surface area (Å²) >= 11 is 0. The second-order valence-electron chi connectivity index (χ2n) is 7.22. The molecule has 2 aliphatic rings. The number of hydrogen-bond donors (Lipinski definition) is 1. The van der Waals surface area contributed by atoms with Crippen LogP contribution >= 0.6 is 0 Å². The number of benzene rings is 3. The van der Waals surface area contributed by atoms with Crippen molar-refractivity contribution in [3.8, 4) is 28.2 Å². The Bertz CT molecular complexity index is 1340. The van der Waals surface area contributed by atoms with Crippen LogP contribution in [0.5, 0.6) is 5.75 Å². The average Bonchev–Trinajstić information content (AvgIpc) is 2.75. The number of carboxylic acids is 1. The largest absolute Gasteiger partial charge is 0.482 e. The van der Waals surface area contributed by atoms with Gasteiger partial charge in [0, 0.05) is 48.3 Å². The maximum Gasteiger partial charge on any atom is 0.341 e. The summed E-state index contributed by atoms with van der Waals surface area (Å²) in [6, 6.07) is 16.8. The Labute approximate surface area is 177 Å². The molecule has 0 aromatic heterocycles. The van der Waals surface area contributed by atoms with E-state index in [1.807, 2.05) is 12.1 Å². The second-order valence-corrected chi connectivity index (χ2v) is 7.22. The van der Waals surface area contributed by atoms with Gasteiger partial charge in [0.2, 0.25) is 0 Å². The van der Waals surface area contributed by atoms with Gasteiger partial charge in [-0.3, -0.25) is 9.59 Å². The Morgan fingerprint density at radius 1 is 1.00 bits per heavy atom. The third-order valence-electron chi connectivity index (χ3n) is 4.86. The number of fused-ring (bicyclic) bond motifs is 2. The first-order chi connectivity index (χ1) is 14.8. The highest BCUT2D eigenvalue weighted by Crippen LogP contribution is 2.42. The normalized spacial score (nSPS) is 10.9. The van der Waals surface area contributed by atoms with Crippen molar-refractivity contribution in [2.75, 3.05) is 20.7 Å². The number of hydrogen-bond acceptors (Lipinski definition) is 5. The van der Waals surface area contributed by atoms with Gasteiger partial charge in [-0.2, -0.15) is 0 Å². The van der Waals surface area contributed by atoms with Gasteiger partial charge in [-0.15, -0.1) is 0 Å². The van der Waals surface area contributed by atoms with Crippen molar-refractivity contribution in [3.05, 3.63) is 76.5 Å². The van der Waals surface area contributed by atoms with E-state index in [9.17, 15) is 14.4 Å². The van der Waals surface area contributed by atoms with Crippen molar-refractivity contribution in [2.24, 2.45) is 0 Å². The van der Waals surface area contributed by atoms with Crippen molar-refractivity contribution in [1.82, 2.24) is 4.90 Å². The van der Waals surface area contributed by atoms with Crippen molar-refractivity contribution in [2.45, 2.75) is 0 Å². The molecule has 0 saturated carbocycles. The molecule has 0 atom stereocenters. The molecule has 1 N–H and O–H groups in total. The van der Waals surface area contributed by atoms with Crippen LogP contribution in [0.1, 0.15) is 10.4 Å². The maximum absolute atomic E-state index is 12.8. The van der Waals surface area contributed by atoms with Gasteiger partial charge < -0.3 is 19.2 Å². The SMILES string of the molecule is CN(C)C(=O)c1ccccc1-c1c2ccc(=O)cc-2oc2cc(OCC(=O)O)ccc12. The van der Waals surface area contributed by atoms with Crippen molar-refractivity contribution >= 4 is 22.8 Å². The van der Waals surface area contributed by atoms with Gasteiger partial charge in [0.1, 0.15) is 17.1 Å². The van der Waals surface area contributed by atoms with Crippen molar-refractivity contribution in [3.63, 3.8) is 0 Å². The highest BCUT2D eigenvalue weighted by Gasteiger charge is 2.22. The van der Waals surface area contributed by atoms with Gasteiger partial charge in [0.05, 0.1) is 0 Å². The lowest BCUT2D eigenvalue weighted by atomic mass is 9.90. The summed E-state index contributed by atoms with van der Waals surface area (Å²) in [6.45, 7) is -0.489. The topological polar surface area (TPSA) is 97.0 Å². The van der Waals surface area contributed by atoms with E-state index in [2.05, 4.69) is 0 Å². The van der Waals surface area contributed by atoms with E-state index in [0.29, 0.717) is 39.2 Å². The summed E-state index contributed by atoms with van der Waals surface area (Å²) in [5.74, 6) is -0.569. The van der Waals surface area contributed by atoms with Crippen LogP contribution in [0.15, 0.2) is 69.9 Å². The first-order valence-electron chi connectivity index (χ1n) is 9.51. The molecule has 0 fully saturated rings. The van der Waals surface area contributed by atoms with E-state index >= 15 is 0 Å². The van der Waals surface area contributed by atoms with Crippen LogP contribution in [0.3, 0.4) is 0 Å². The third-order valence-corrected chi connectivity index (χ3v) is 4.86. The third kappa shape index (κ3) is 3.85. The highest BCUT2D eigenvalue weighted by molar-refractivity contribution is 6.09. The Balaban J connectivity index is 2.03. The van der Waals surface area contributed by atoms with Crippen LogP contribution < -0.4 is 10.2 Å². The second kappa shape index (κ2) is 7.95. The molecule has 2 aromatic carbocycles. The van der Waals surface area contributed by atoms with Gasteiger partial charge >= 0.3 is 5.97 Å². The van der Waals surface area contributed by atoms with Crippen LogP contribution in [0.2, 0.25) is 0 Å². The quantitative estimate of drug-likeness (QED) is 0.497. The fraction of sp³-hybridized carbons (Fsp3) is 0.125. The lowest BCUT2D eigenvalue weighted by Gasteiger charge is -2.19. The predicted molar refractivity (Wildman–Crippen MR) is 116 cm³/mol. The zero-order chi connectivity index (χ0) is 22.1. The molecule has 1 aliphatic heterocycles. The van der Waals surface area contributed by atoms with E-state index < -0.39 is 12.6 Å². The molecule has 0 saturated heterocycles. The summed E-state index contributed by atoms with van der Waals surface area (Å²) in [6.07, 6.45) is 0. The van der Waals surface area contributed by atoms with E-state index in [1.165, 1.54) is 17.0 Å². The minimum absolute atomic E-state index is 0.153. The molecule has 0 bridgehead atoms. The highest BCUT2D eigenvalue weighted by atomic mass is 16.5. The molecule has 7 nitrogen and oxygen atoms in total. The smallest absolute Gasteiger partial charge is 0.341 e. The van der Waals surface area contributed by atoms with Crippen molar-refractivity contribution in [1.29, 1.82) is 0 Å². The van der Waals surface area contributed by atoms with Gasteiger partial charge in [0.25, 0.3) is 5.91 Å². The Kier molecular flexibility index (Phi) is 5.17. The van der Waals surface area contributed by atoms with Gasteiger partial charge in [0.15, 0.2) is 12.0 Å². The molecule has 156 valence electrons. The van der Waals surface area contributed by atoms with Crippen LogP contribution in [-0.4, -0.2) is 42.6 Å². The zero-order valence-corrected chi connectivity index (χ0v) is 16.9. The predicted octanol–water partition coefficient (Wildman–Crippen LogP) is 3.73. The number of rotatable bonds is 5. The van der Waals surface area contributed by atoms with Gasteiger partial charge in [-0.05, 0) is 35.9 Å². The van der Waals surface area contributed by atoms with E-state index in [-0.39, 0.29) is 11.3 Å². The lowest BCUT2D eigenvalue weighted by Crippen LogP contribution is -2.22. The fourth-order valence-corrected chi connectivity index (χ4v) is 3.50. The summed E-state index contributed by atoms with van der Waals surface area (Å²) in [5.41, 5.74) is 2.83.